The van der Waals surface area contributed by atoms with Crippen LogP contribution in [-0.2, 0) is 41.7 Å². The van der Waals surface area contributed by atoms with E-state index in [-0.39, 0.29) is 49.5 Å². The maximum absolute atomic E-state index is 13.9. The van der Waals surface area contributed by atoms with E-state index in [2.05, 4.69) is 21.3 Å². The highest BCUT2D eigenvalue weighted by atomic mass is 16.3. The first-order valence-electron chi connectivity index (χ1n) is 19.7. The molecule has 0 bridgehead atoms. The summed E-state index contributed by atoms with van der Waals surface area (Å²) in [5.41, 5.74) is 7.51. The van der Waals surface area contributed by atoms with E-state index in [1.54, 1.807) is 19.1 Å². The Morgan fingerprint density at radius 2 is 1.57 bits per heavy atom. The number of carbonyl (C=O) groups is 6. The van der Waals surface area contributed by atoms with Gasteiger partial charge in [-0.25, -0.2) is 10.0 Å². The molecule has 2 aliphatic heterocycles. The quantitative estimate of drug-likeness (QED) is 0.110. The molecule has 7 N–H and O–H groups in total. The van der Waals surface area contributed by atoms with Gasteiger partial charge >= 0.3 is 0 Å². The minimum atomic E-state index is -1.31. The van der Waals surface area contributed by atoms with Crippen molar-refractivity contribution in [2.75, 3.05) is 13.1 Å². The zero-order chi connectivity index (χ0) is 40.8. The van der Waals surface area contributed by atoms with Crippen molar-refractivity contribution in [1.82, 2.24) is 31.3 Å². The molecule has 6 amide bonds. The largest absolute Gasteiger partial charge is 0.390 e. The van der Waals surface area contributed by atoms with Gasteiger partial charge in [0.1, 0.15) is 12.1 Å². The number of carbonyl (C=O) groups excluding carboxylic acids is 6. The Morgan fingerprint density at radius 3 is 2.20 bits per heavy atom. The average molecular weight is 774 g/mol. The van der Waals surface area contributed by atoms with Crippen molar-refractivity contribution in [3.05, 3.63) is 83.9 Å². The first kappa shape index (κ1) is 43.6. The predicted octanol–water partition coefficient (Wildman–Crippen LogP) is 2.11. The highest BCUT2D eigenvalue weighted by Gasteiger charge is 2.41. The van der Waals surface area contributed by atoms with Crippen molar-refractivity contribution in [2.45, 2.75) is 109 Å². The first-order chi connectivity index (χ1) is 26.8. The third kappa shape index (κ3) is 12.7. The van der Waals surface area contributed by atoms with Crippen molar-refractivity contribution in [2.24, 2.45) is 23.5 Å². The van der Waals surface area contributed by atoms with Crippen LogP contribution in [0.2, 0.25) is 0 Å². The lowest BCUT2D eigenvalue weighted by Gasteiger charge is -2.41. The van der Waals surface area contributed by atoms with Crippen LogP contribution in [0.5, 0.6) is 0 Å². The highest BCUT2D eigenvalue weighted by molar-refractivity contribution is 5.92. The van der Waals surface area contributed by atoms with Gasteiger partial charge in [0.2, 0.25) is 35.4 Å². The van der Waals surface area contributed by atoms with Crippen molar-refractivity contribution < 1.29 is 33.9 Å². The van der Waals surface area contributed by atoms with Crippen molar-refractivity contribution in [1.29, 1.82) is 0 Å². The number of benzene rings is 2. The fraction of sp³-hybridized carbons (Fsp3) is 0.524. The van der Waals surface area contributed by atoms with Crippen molar-refractivity contribution in [3.8, 4) is 0 Å². The smallest absolute Gasteiger partial charge is 0.246 e. The van der Waals surface area contributed by atoms with Gasteiger partial charge in [0.15, 0.2) is 0 Å². The molecule has 14 nitrogen and oxygen atoms in total. The normalized spacial score (nSPS) is 19.6. The molecule has 2 aliphatic rings. The predicted molar refractivity (Wildman–Crippen MR) is 212 cm³/mol. The Labute approximate surface area is 330 Å². The number of nitrogens with one attached hydrogen (secondary N) is 4. The Kier molecular flexibility index (Phi) is 16.6. The van der Waals surface area contributed by atoms with Crippen molar-refractivity contribution >= 4 is 35.4 Å². The molecule has 1 saturated heterocycles. The van der Waals surface area contributed by atoms with E-state index in [1.807, 2.05) is 81.4 Å². The molecule has 0 aliphatic carbocycles. The summed E-state index contributed by atoms with van der Waals surface area (Å²) in [5, 5.41) is 25.8. The van der Waals surface area contributed by atoms with Gasteiger partial charge in [-0.05, 0) is 35.8 Å². The molecule has 7 atom stereocenters. The van der Waals surface area contributed by atoms with Gasteiger partial charge < -0.3 is 32.1 Å². The molecule has 2 heterocycles. The zero-order valence-electron chi connectivity index (χ0n) is 33.0. The lowest BCUT2D eigenvalue weighted by molar-refractivity contribution is -0.167. The second-order valence-electron chi connectivity index (χ2n) is 15.4. The van der Waals surface area contributed by atoms with Crippen LogP contribution in [0, 0.1) is 17.8 Å². The van der Waals surface area contributed by atoms with Gasteiger partial charge in [0.05, 0.1) is 43.5 Å². The third-order valence-electron chi connectivity index (χ3n) is 10.4. The molecule has 0 radical (unpaired) electrons. The Bertz CT molecular complexity index is 1670. The maximum Gasteiger partial charge on any atom is 0.246 e. The molecule has 3 unspecified atom stereocenters. The summed E-state index contributed by atoms with van der Waals surface area (Å²) in [6, 6.07) is 15.4. The maximum atomic E-state index is 13.9. The number of aliphatic hydroxyl groups excluding tert-OH is 1. The number of hydrogen-bond donors (Lipinski definition) is 6. The van der Waals surface area contributed by atoms with Gasteiger partial charge in [-0.2, -0.15) is 0 Å². The van der Waals surface area contributed by atoms with Crippen LogP contribution in [0.1, 0.15) is 77.3 Å². The monoisotopic (exact) mass is 773 g/mol. The molecule has 2 aromatic rings. The summed E-state index contributed by atoms with van der Waals surface area (Å²) in [5.74, 6) is -3.52. The third-order valence-corrected chi connectivity index (χ3v) is 10.4. The Balaban J connectivity index is 1.38. The van der Waals surface area contributed by atoms with Gasteiger partial charge in [0.25, 0.3) is 0 Å². The molecule has 4 rings (SSSR count). The van der Waals surface area contributed by atoms with Crippen LogP contribution in [0.3, 0.4) is 0 Å². The van der Waals surface area contributed by atoms with Crippen LogP contribution in [0.15, 0.2) is 72.8 Å². The van der Waals surface area contributed by atoms with E-state index < -0.39 is 66.2 Å². The summed E-state index contributed by atoms with van der Waals surface area (Å²) in [6.45, 7) is 8.69. The molecular weight excluding hydrogens is 715 g/mol. The van der Waals surface area contributed by atoms with Gasteiger partial charge in [-0.15, -0.1) is 0 Å². The summed E-state index contributed by atoms with van der Waals surface area (Å²) < 4.78 is 0. The number of primary amides is 1. The van der Waals surface area contributed by atoms with E-state index in [0.29, 0.717) is 32.4 Å². The minimum Gasteiger partial charge on any atom is -0.390 e. The minimum absolute atomic E-state index is 0.0333. The molecule has 0 saturated carbocycles. The SMILES string of the molecule is CCC(C)[C@H](NC(=O)C[C@H](O)[C@H](CC(C)C)NC(=O)CC1C=CCN2C(=O)CCC(CNCc3ccccc3)C(=O)N12)C(=O)N[C@@H](Cc1ccccc1)C(N)=O. The molecule has 304 valence electrons. The summed E-state index contributed by atoms with van der Waals surface area (Å²) in [6.07, 6.45) is 3.31. The lowest BCUT2D eigenvalue weighted by atomic mass is 9.95. The van der Waals surface area contributed by atoms with E-state index >= 15 is 0 Å². The molecule has 0 spiro atoms. The summed E-state index contributed by atoms with van der Waals surface area (Å²) >= 11 is 0. The van der Waals surface area contributed by atoms with Gasteiger partial charge in [-0.1, -0.05) is 107 Å². The molecule has 56 heavy (non-hydrogen) atoms. The fourth-order valence-corrected chi connectivity index (χ4v) is 7.11. The Hall–Kier alpha value is -5.08. The number of fused-ring (bicyclic) bond motifs is 1. The van der Waals surface area contributed by atoms with Crippen LogP contribution in [-0.4, -0.2) is 93.9 Å². The van der Waals surface area contributed by atoms with Crippen LogP contribution in [0.4, 0.5) is 0 Å². The number of amides is 6. The standard InChI is InChI=1S/C42H59N7O7/c1-5-28(4)39(41(55)46-34(40(43)54)22-29-13-8-6-9-14-29)47-37(52)24-35(50)33(21-27(2)3)45-36(51)23-32-17-12-20-48-38(53)19-18-31(42(56)49(32)48)26-44-25-30-15-10-7-11-16-30/h6-17,27-28,31-35,39,44,50H,5,18-26H2,1-4H3,(H2,43,54)(H,45,51)(H,46,55)(H,47,52)/t28?,31?,32?,33-,34-,35-,39-/m0/s1. The Morgan fingerprint density at radius 1 is 0.911 bits per heavy atom. The highest BCUT2D eigenvalue weighted by Crippen LogP contribution is 2.26. The zero-order valence-corrected chi connectivity index (χ0v) is 33.0. The van der Waals surface area contributed by atoms with Gasteiger partial charge in [-0.3, -0.25) is 28.8 Å². The molecule has 0 aromatic heterocycles. The number of hydrazine groups is 1. The van der Waals surface area contributed by atoms with E-state index in [4.69, 9.17) is 5.73 Å². The number of aliphatic hydroxyl groups is 1. The van der Waals surface area contributed by atoms with Crippen molar-refractivity contribution in [3.63, 3.8) is 0 Å². The number of hydrogen-bond acceptors (Lipinski definition) is 8. The molecule has 2 aromatic carbocycles. The summed E-state index contributed by atoms with van der Waals surface area (Å²) in [4.78, 5) is 79.8. The molecule has 1 fully saturated rings. The van der Waals surface area contributed by atoms with E-state index in [9.17, 15) is 33.9 Å². The second-order valence-corrected chi connectivity index (χ2v) is 15.4. The number of rotatable bonds is 20. The van der Waals surface area contributed by atoms with Crippen LogP contribution < -0.4 is 27.0 Å². The van der Waals surface area contributed by atoms with E-state index in [1.165, 1.54) is 10.0 Å². The van der Waals surface area contributed by atoms with Crippen LogP contribution >= 0.6 is 0 Å². The second kappa shape index (κ2) is 21.3. The lowest BCUT2D eigenvalue weighted by Crippen LogP contribution is -2.58. The van der Waals surface area contributed by atoms with Gasteiger partial charge in [0, 0.05) is 25.9 Å². The first-order valence-corrected chi connectivity index (χ1v) is 19.7. The van der Waals surface area contributed by atoms with E-state index in [0.717, 1.165) is 11.1 Å². The topological polar surface area (TPSA) is 203 Å². The number of nitrogens with zero attached hydrogens (tertiary/aromatic N) is 2. The molecular formula is C42H59N7O7. The fourth-order valence-electron chi connectivity index (χ4n) is 7.11. The van der Waals surface area contributed by atoms with Crippen LogP contribution in [0.25, 0.3) is 0 Å². The summed E-state index contributed by atoms with van der Waals surface area (Å²) in [7, 11) is 0. The molecule has 14 heteroatoms. The number of nitrogens with two attached hydrogens (primary N) is 1. The average Bonchev–Trinajstić information content (AvgIpc) is 3.29.